The summed E-state index contributed by atoms with van der Waals surface area (Å²) in [6.45, 7) is 2.97. The van der Waals surface area contributed by atoms with Crippen molar-refractivity contribution in [3.8, 4) is 11.3 Å². The molecule has 3 heterocycles. The SMILES string of the molecule is O=C(c1ccc(-c2ccc(Cl)cc2)o1)N1CCC(C(=O)N2CCCCCC2)CC1. The van der Waals surface area contributed by atoms with E-state index in [1.54, 1.807) is 23.1 Å². The molecule has 1 aromatic carbocycles. The Hall–Kier alpha value is -2.27. The van der Waals surface area contributed by atoms with Crippen molar-refractivity contribution in [2.75, 3.05) is 26.2 Å². The highest BCUT2D eigenvalue weighted by Crippen LogP contribution is 2.26. The molecule has 0 bridgehead atoms. The van der Waals surface area contributed by atoms with Crippen LogP contribution in [0.3, 0.4) is 0 Å². The van der Waals surface area contributed by atoms with Crippen LogP contribution >= 0.6 is 11.6 Å². The Morgan fingerprint density at radius 3 is 2.14 bits per heavy atom. The lowest BCUT2D eigenvalue weighted by molar-refractivity contribution is -0.136. The maximum Gasteiger partial charge on any atom is 0.289 e. The standard InChI is InChI=1S/C23H27ClN2O3/c24-19-7-5-17(6-8-19)20-9-10-21(29-20)23(28)26-15-11-18(12-16-26)22(27)25-13-3-1-2-4-14-25/h5-10,18H,1-4,11-16H2. The number of hydrogen-bond acceptors (Lipinski definition) is 3. The van der Waals surface area contributed by atoms with Crippen molar-refractivity contribution in [2.45, 2.75) is 38.5 Å². The average molecular weight is 415 g/mol. The van der Waals surface area contributed by atoms with E-state index in [0.717, 1.165) is 44.3 Å². The molecule has 0 unspecified atom stereocenters. The number of nitrogens with zero attached hydrogens (tertiary/aromatic N) is 2. The second-order valence-corrected chi connectivity index (χ2v) is 8.41. The first-order valence-electron chi connectivity index (χ1n) is 10.6. The van der Waals surface area contributed by atoms with Crippen LogP contribution < -0.4 is 0 Å². The summed E-state index contributed by atoms with van der Waals surface area (Å²) in [6, 6.07) is 10.9. The zero-order chi connectivity index (χ0) is 20.2. The minimum atomic E-state index is -0.106. The summed E-state index contributed by atoms with van der Waals surface area (Å²) in [5.41, 5.74) is 0.884. The summed E-state index contributed by atoms with van der Waals surface area (Å²) in [5.74, 6) is 1.20. The summed E-state index contributed by atoms with van der Waals surface area (Å²) in [4.78, 5) is 29.5. The van der Waals surface area contributed by atoms with Gasteiger partial charge in [-0.1, -0.05) is 24.4 Å². The van der Waals surface area contributed by atoms with Crippen molar-refractivity contribution in [3.63, 3.8) is 0 Å². The number of benzene rings is 1. The molecule has 0 saturated carbocycles. The first-order chi connectivity index (χ1) is 14.1. The normalized spacial score (nSPS) is 18.5. The molecule has 2 amide bonds. The van der Waals surface area contributed by atoms with Crippen molar-refractivity contribution in [1.29, 1.82) is 0 Å². The van der Waals surface area contributed by atoms with Crippen molar-refractivity contribution in [3.05, 3.63) is 47.2 Å². The van der Waals surface area contributed by atoms with Crippen LogP contribution in [0.2, 0.25) is 5.02 Å². The molecule has 0 radical (unpaired) electrons. The zero-order valence-corrected chi connectivity index (χ0v) is 17.4. The van der Waals surface area contributed by atoms with Gasteiger partial charge in [-0.2, -0.15) is 0 Å². The van der Waals surface area contributed by atoms with Gasteiger partial charge in [-0.25, -0.2) is 0 Å². The Morgan fingerprint density at radius 1 is 0.828 bits per heavy atom. The van der Waals surface area contributed by atoms with Crippen LogP contribution in [-0.2, 0) is 4.79 Å². The number of furan rings is 1. The molecule has 0 spiro atoms. The van der Waals surface area contributed by atoms with Gasteiger partial charge in [-0.15, -0.1) is 0 Å². The Morgan fingerprint density at radius 2 is 1.48 bits per heavy atom. The smallest absolute Gasteiger partial charge is 0.289 e. The summed E-state index contributed by atoms with van der Waals surface area (Å²) in [6.07, 6.45) is 6.11. The predicted octanol–water partition coefficient (Wildman–Crippen LogP) is 4.85. The van der Waals surface area contributed by atoms with E-state index in [0.29, 0.717) is 29.6 Å². The van der Waals surface area contributed by atoms with E-state index >= 15 is 0 Å². The van der Waals surface area contributed by atoms with Gasteiger partial charge in [0.1, 0.15) is 5.76 Å². The molecule has 0 atom stereocenters. The summed E-state index contributed by atoms with van der Waals surface area (Å²) in [5, 5.41) is 0.661. The number of rotatable bonds is 3. The Bertz CT molecular complexity index is 845. The van der Waals surface area contributed by atoms with Crippen LogP contribution in [0.5, 0.6) is 0 Å². The molecule has 1 aromatic heterocycles. The lowest BCUT2D eigenvalue weighted by Crippen LogP contribution is -2.44. The Balaban J connectivity index is 1.34. The molecule has 154 valence electrons. The molecule has 29 heavy (non-hydrogen) atoms. The van der Waals surface area contributed by atoms with Gasteiger partial charge < -0.3 is 14.2 Å². The average Bonchev–Trinajstić information content (AvgIpc) is 3.08. The third-order valence-corrected chi connectivity index (χ3v) is 6.25. The molecule has 5 nitrogen and oxygen atoms in total. The summed E-state index contributed by atoms with van der Waals surface area (Å²) < 4.78 is 5.80. The van der Waals surface area contributed by atoms with Crippen LogP contribution in [-0.4, -0.2) is 47.8 Å². The van der Waals surface area contributed by atoms with Gasteiger partial charge in [0.2, 0.25) is 5.91 Å². The molecule has 2 aromatic rings. The first-order valence-corrected chi connectivity index (χ1v) is 10.9. The fourth-order valence-electron chi connectivity index (χ4n) is 4.26. The van der Waals surface area contributed by atoms with E-state index in [-0.39, 0.29) is 17.7 Å². The van der Waals surface area contributed by atoms with Gasteiger partial charge in [-0.3, -0.25) is 9.59 Å². The first kappa shape index (κ1) is 20.0. The van der Waals surface area contributed by atoms with E-state index in [9.17, 15) is 9.59 Å². The second kappa shape index (κ2) is 9.04. The fourth-order valence-corrected chi connectivity index (χ4v) is 4.38. The molecule has 0 aliphatic carbocycles. The van der Waals surface area contributed by atoms with E-state index in [1.807, 2.05) is 23.1 Å². The number of hydrogen-bond donors (Lipinski definition) is 0. The lowest BCUT2D eigenvalue weighted by atomic mass is 9.95. The van der Waals surface area contributed by atoms with E-state index in [1.165, 1.54) is 12.8 Å². The number of halogens is 1. The highest BCUT2D eigenvalue weighted by Gasteiger charge is 2.31. The molecule has 0 N–H and O–H groups in total. The molecule has 2 fully saturated rings. The van der Waals surface area contributed by atoms with Crippen LogP contribution in [0.15, 0.2) is 40.8 Å². The number of carbonyl (C=O) groups is 2. The van der Waals surface area contributed by atoms with Crippen LogP contribution in [0, 0.1) is 5.92 Å². The highest BCUT2D eigenvalue weighted by molar-refractivity contribution is 6.30. The number of likely N-dealkylation sites (tertiary alicyclic amines) is 2. The number of carbonyl (C=O) groups excluding carboxylic acids is 2. The minimum Gasteiger partial charge on any atom is -0.451 e. The van der Waals surface area contributed by atoms with Crippen molar-refractivity contribution in [2.24, 2.45) is 5.92 Å². The molecule has 2 aliphatic heterocycles. The van der Waals surface area contributed by atoms with E-state index in [2.05, 4.69) is 0 Å². The topological polar surface area (TPSA) is 53.8 Å². The minimum absolute atomic E-state index is 0.0402. The predicted molar refractivity (Wildman–Crippen MR) is 113 cm³/mol. The third-order valence-electron chi connectivity index (χ3n) is 5.99. The van der Waals surface area contributed by atoms with Gasteiger partial charge in [0.25, 0.3) is 5.91 Å². The largest absolute Gasteiger partial charge is 0.451 e. The maximum atomic E-state index is 12.8. The molecule has 2 saturated heterocycles. The summed E-state index contributed by atoms with van der Waals surface area (Å²) in [7, 11) is 0. The van der Waals surface area contributed by atoms with Gasteiger partial charge >= 0.3 is 0 Å². The Labute approximate surface area is 176 Å². The number of amides is 2. The van der Waals surface area contributed by atoms with Gasteiger partial charge in [-0.05, 0) is 62.1 Å². The van der Waals surface area contributed by atoms with Crippen LogP contribution in [0.25, 0.3) is 11.3 Å². The maximum absolute atomic E-state index is 12.8. The molecular formula is C23H27ClN2O3. The van der Waals surface area contributed by atoms with Crippen molar-refractivity contribution in [1.82, 2.24) is 9.80 Å². The molecule has 4 rings (SSSR count). The van der Waals surface area contributed by atoms with E-state index < -0.39 is 0 Å². The second-order valence-electron chi connectivity index (χ2n) is 7.98. The molecule has 2 aliphatic rings. The number of piperidine rings is 1. The zero-order valence-electron chi connectivity index (χ0n) is 16.6. The monoisotopic (exact) mass is 414 g/mol. The quantitative estimate of drug-likeness (QED) is 0.721. The molecule has 6 heteroatoms. The highest BCUT2D eigenvalue weighted by atomic mass is 35.5. The lowest BCUT2D eigenvalue weighted by Gasteiger charge is -2.33. The van der Waals surface area contributed by atoms with Crippen molar-refractivity contribution >= 4 is 23.4 Å². The van der Waals surface area contributed by atoms with Gasteiger partial charge in [0.15, 0.2) is 5.76 Å². The van der Waals surface area contributed by atoms with Crippen molar-refractivity contribution < 1.29 is 14.0 Å². The van der Waals surface area contributed by atoms with E-state index in [4.69, 9.17) is 16.0 Å². The van der Waals surface area contributed by atoms with Gasteiger partial charge in [0.05, 0.1) is 0 Å². The summed E-state index contributed by atoms with van der Waals surface area (Å²) >= 11 is 5.93. The fraction of sp³-hybridized carbons (Fsp3) is 0.478. The van der Waals surface area contributed by atoms with Crippen LogP contribution in [0.1, 0.15) is 49.1 Å². The Kier molecular flexibility index (Phi) is 6.24. The van der Waals surface area contributed by atoms with Gasteiger partial charge in [0, 0.05) is 42.7 Å². The third kappa shape index (κ3) is 4.67. The van der Waals surface area contributed by atoms with Crippen LogP contribution in [0.4, 0.5) is 0 Å². The molecular weight excluding hydrogens is 388 g/mol.